The third-order valence-corrected chi connectivity index (χ3v) is 20.9. The van der Waals surface area contributed by atoms with Crippen molar-refractivity contribution < 1.29 is 43.0 Å². The van der Waals surface area contributed by atoms with Crippen molar-refractivity contribution in [3.05, 3.63) is 221 Å². The fourth-order valence-electron chi connectivity index (χ4n) is 6.79. The number of hydrogen-bond donors (Lipinski definition) is 0. The van der Waals surface area contributed by atoms with Gasteiger partial charge in [0.15, 0.2) is 0 Å². The molecule has 0 bridgehead atoms. The van der Waals surface area contributed by atoms with E-state index in [9.17, 15) is 22.0 Å². The Morgan fingerprint density at radius 3 is 0.826 bits per heavy atom. The minimum atomic E-state index is -2.17. The first kappa shape index (κ1) is 58.0. The molecule has 0 unspecified atom stereocenters. The molecule has 7 aromatic carbocycles. The Balaban J connectivity index is 0.000000253. The van der Waals surface area contributed by atoms with E-state index in [0.717, 1.165) is 6.07 Å². The second-order valence-electron chi connectivity index (χ2n) is 16.3. The molecular weight excluding hydrogens is 1100 g/mol. The molecule has 0 aromatic heterocycles. The second kappa shape index (κ2) is 29.0. The van der Waals surface area contributed by atoms with Gasteiger partial charge in [-0.05, 0) is 113 Å². The molecule has 0 spiro atoms. The average Bonchev–Trinajstić information content (AvgIpc) is 3.35. The molecule has 356 valence electrons. The number of halogens is 5. The zero-order valence-electron chi connectivity index (χ0n) is 40.6. The van der Waals surface area contributed by atoms with Gasteiger partial charge in [0.2, 0.25) is 0 Å². The summed E-state index contributed by atoms with van der Waals surface area (Å²) in [5.41, 5.74) is 11.2. The molecule has 0 aliphatic carbocycles. The van der Waals surface area contributed by atoms with Gasteiger partial charge in [-0.15, -0.1) is 17.5 Å². The van der Waals surface area contributed by atoms with Crippen molar-refractivity contribution in [2.75, 3.05) is 0 Å². The van der Waals surface area contributed by atoms with E-state index in [1.54, 1.807) is 0 Å². The summed E-state index contributed by atoms with van der Waals surface area (Å²) in [7, 11) is -2.29. The first-order chi connectivity index (χ1) is 32.5. The molecule has 0 saturated carbocycles. The topological polar surface area (TPSA) is 0 Å². The zero-order chi connectivity index (χ0) is 49.8. The van der Waals surface area contributed by atoms with Crippen LogP contribution in [0.5, 0.6) is 0 Å². The van der Waals surface area contributed by atoms with Crippen molar-refractivity contribution >= 4 is 55.7 Å². The van der Waals surface area contributed by atoms with Crippen LogP contribution in [0.1, 0.15) is 54.2 Å². The molecule has 0 fully saturated rings. The van der Waals surface area contributed by atoms with Gasteiger partial charge < -0.3 is 6.42 Å². The van der Waals surface area contributed by atoms with Crippen molar-refractivity contribution in [2.24, 2.45) is 0 Å². The monoisotopic (exact) mass is 1160 g/mol. The molecule has 69 heavy (non-hydrogen) atoms. The van der Waals surface area contributed by atoms with E-state index in [-0.39, 0.29) is 21.1 Å². The maximum atomic E-state index is 12.0. The predicted molar refractivity (Wildman–Crippen MR) is 284 cm³/mol. The van der Waals surface area contributed by atoms with Gasteiger partial charge >= 0.3 is 21.1 Å². The summed E-state index contributed by atoms with van der Waals surface area (Å²) in [4.78, 5) is 0. The van der Waals surface area contributed by atoms with Crippen LogP contribution in [-0.2, 0) is 21.1 Å². The molecule has 0 amide bonds. The van der Waals surface area contributed by atoms with Gasteiger partial charge in [-0.1, -0.05) is 200 Å². The van der Waals surface area contributed by atoms with Crippen LogP contribution in [0, 0.1) is 112 Å². The van der Waals surface area contributed by atoms with Gasteiger partial charge in [-0.2, -0.15) is 0 Å². The van der Waals surface area contributed by atoms with E-state index in [0.29, 0.717) is 0 Å². The number of hydrogen-bond acceptors (Lipinski definition) is 0. The summed E-state index contributed by atoms with van der Waals surface area (Å²) < 4.78 is 59.9. The maximum absolute atomic E-state index is 12.0. The van der Waals surface area contributed by atoms with Gasteiger partial charge in [-0.25, -0.2) is 19.1 Å². The fraction of sp³-hybridized carbons (Fsp3) is 0.200. The molecule has 0 N–H and O–H groups in total. The average molecular weight is 1160 g/mol. The van der Waals surface area contributed by atoms with Gasteiger partial charge in [-0.3, -0.25) is 14.7 Å². The molecular formula is C60H57F5P2PtSi. The van der Waals surface area contributed by atoms with Crippen LogP contribution in [0.15, 0.2) is 146 Å². The van der Waals surface area contributed by atoms with Gasteiger partial charge in [0.1, 0.15) is 8.07 Å². The zero-order valence-corrected chi connectivity index (χ0v) is 45.6. The van der Waals surface area contributed by atoms with Crippen LogP contribution in [0.4, 0.5) is 22.0 Å². The molecule has 7 rings (SSSR count). The Labute approximate surface area is 426 Å². The van der Waals surface area contributed by atoms with Crippen LogP contribution >= 0.6 is 15.8 Å². The molecule has 9 heteroatoms. The smallest absolute Gasteiger partial charge is 0.358 e. The quantitative estimate of drug-likeness (QED) is 0.0257. The van der Waals surface area contributed by atoms with Crippen LogP contribution in [0.2, 0.25) is 18.1 Å². The third kappa shape index (κ3) is 17.5. The van der Waals surface area contributed by atoms with Crippen molar-refractivity contribution in [1.82, 2.24) is 0 Å². The van der Waals surface area contributed by atoms with Gasteiger partial charge in [0.25, 0.3) is 0 Å². The number of rotatable bonds is 9. The minimum absolute atomic E-state index is 0. The molecule has 0 radical (unpaired) electrons. The second-order valence-corrected chi connectivity index (χ2v) is 25.7. The molecule has 7 aromatic rings. The van der Waals surface area contributed by atoms with Gasteiger partial charge in [0, 0.05) is 0 Å². The predicted octanol–water partition coefficient (Wildman–Crippen LogP) is 13.6. The SMILES string of the molecule is Cc1ccc(P(c2ccc(C)cc2)c2ccc(C)cc2)cc1.Cc1ccc(P(c2ccc(C)cc2)c2ccc(C)cc2)cc1.Fc1[c-]c(F)c(F)c(F)c1F.[C-]#CC#CC#C[Si](CC)(CC)CC.[Pt+2]. The molecule has 0 atom stereocenters. The molecule has 0 aliphatic rings. The number of benzene rings is 7. The van der Waals surface area contributed by atoms with E-state index in [4.69, 9.17) is 6.42 Å². The first-order valence-electron chi connectivity index (χ1n) is 22.4. The normalized spacial score (nSPS) is 10.2. The summed E-state index contributed by atoms with van der Waals surface area (Å²) >= 11 is 0. The Morgan fingerprint density at radius 2 is 0.623 bits per heavy atom. The largest absolute Gasteiger partial charge is 2.00 e. The Bertz CT molecular complexity index is 2460. The van der Waals surface area contributed by atoms with E-state index < -0.39 is 53.0 Å². The molecule has 0 saturated heterocycles. The Morgan fingerprint density at radius 1 is 0.391 bits per heavy atom. The van der Waals surface area contributed by atoms with Crippen LogP contribution < -0.4 is 31.8 Å². The number of aryl methyl sites for hydroxylation is 6. The van der Waals surface area contributed by atoms with Crippen LogP contribution in [0.3, 0.4) is 0 Å². The minimum Gasteiger partial charge on any atom is -0.358 e. The molecule has 0 nitrogen and oxygen atoms in total. The summed E-state index contributed by atoms with van der Waals surface area (Å²) in [5, 5.41) is 8.46. The van der Waals surface area contributed by atoms with Crippen LogP contribution in [-0.4, -0.2) is 8.07 Å². The van der Waals surface area contributed by atoms with Gasteiger partial charge in [0.05, 0.1) is 29.1 Å². The summed E-state index contributed by atoms with van der Waals surface area (Å²) in [6.07, 6.45) is 6.59. The van der Waals surface area contributed by atoms with Crippen molar-refractivity contribution in [3.8, 4) is 29.2 Å². The van der Waals surface area contributed by atoms with Crippen molar-refractivity contribution in [1.29, 1.82) is 0 Å². The standard InChI is InChI=1S/2C21H21P.C12H15Si.C6F5.Pt/c2*1-16-4-10-19(11-5-16)22(20-12-6-17(2)7-13-20)21-14-8-18(3)9-15-21;1-5-9-10-11-12-13(6-2,7-3)8-4;7-2-1-3(8)5(10)6(11)4(2)9;/h2*4-15H,1-3H3;6-8H2,2-4H3;;/q;;2*-1;+2. The maximum Gasteiger partial charge on any atom is 2.00 e. The van der Waals surface area contributed by atoms with E-state index in [2.05, 4.69) is 231 Å². The first-order valence-corrected chi connectivity index (χ1v) is 27.7. The van der Waals surface area contributed by atoms with Crippen molar-refractivity contribution in [3.63, 3.8) is 0 Å². The van der Waals surface area contributed by atoms with E-state index >= 15 is 0 Å². The molecule has 0 aliphatic heterocycles. The molecule has 0 heterocycles. The van der Waals surface area contributed by atoms with Crippen LogP contribution in [0.25, 0.3) is 0 Å². The summed E-state index contributed by atoms with van der Waals surface area (Å²) in [6, 6.07) is 58.5. The summed E-state index contributed by atoms with van der Waals surface area (Å²) in [5.74, 6) is -0.162. The third-order valence-electron chi connectivity index (χ3n) is 11.3. The Hall–Kier alpha value is -5.36. The summed E-state index contributed by atoms with van der Waals surface area (Å²) in [6.45, 7) is 19.5. The fourth-order valence-corrected chi connectivity index (χ4v) is 13.6. The van der Waals surface area contributed by atoms with E-state index in [1.807, 2.05) is 5.92 Å². The Kier molecular flexibility index (Phi) is 24.3. The van der Waals surface area contributed by atoms with E-state index in [1.165, 1.54) is 83.3 Å². The van der Waals surface area contributed by atoms with Crippen molar-refractivity contribution in [2.45, 2.75) is 80.4 Å².